The lowest BCUT2D eigenvalue weighted by atomic mass is 9.86. The molecular weight excluding hydrogens is 821 g/mol. The van der Waals surface area contributed by atoms with Gasteiger partial charge in [0.25, 0.3) is 0 Å². The minimum absolute atomic E-state index is 1.13. The predicted molar refractivity (Wildman–Crippen MR) is 289 cm³/mol. The van der Waals surface area contributed by atoms with Crippen molar-refractivity contribution in [3.8, 4) is 55.9 Å². The van der Waals surface area contributed by atoms with E-state index in [4.69, 9.17) is 0 Å². The van der Waals surface area contributed by atoms with Crippen molar-refractivity contribution in [2.75, 3.05) is 0 Å². The molecule has 0 aliphatic rings. The minimum atomic E-state index is 1.13. The Morgan fingerprint density at radius 3 is 1.15 bits per heavy atom. The van der Waals surface area contributed by atoms with Crippen molar-refractivity contribution in [1.82, 2.24) is 9.13 Å². The van der Waals surface area contributed by atoms with Crippen LogP contribution in [0.25, 0.3) is 132 Å². The molecule has 0 unspecified atom stereocenters. The van der Waals surface area contributed by atoms with E-state index in [1.54, 1.807) is 0 Å². The van der Waals surface area contributed by atoms with Gasteiger partial charge in [-0.3, -0.25) is 0 Å². The Morgan fingerprint density at radius 2 is 0.588 bits per heavy atom. The van der Waals surface area contributed by atoms with Crippen molar-refractivity contribution in [1.29, 1.82) is 0 Å². The van der Waals surface area contributed by atoms with E-state index in [9.17, 15) is 0 Å². The highest BCUT2D eigenvalue weighted by atomic mass is 15.0. The van der Waals surface area contributed by atoms with Gasteiger partial charge in [0.05, 0.1) is 22.1 Å². The first-order valence-corrected chi connectivity index (χ1v) is 23.5. The fourth-order valence-electron chi connectivity index (χ4n) is 11.3. The summed E-state index contributed by atoms with van der Waals surface area (Å²) in [6.45, 7) is 0. The van der Waals surface area contributed by atoms with Crippen LogP contribution in [0.4, 0.5) is 0 Å². The maximum atomic E-state index is 2.45. The normalized spacial score (nSPS) is 11.8. The summed E-state index contributed by atoms with van der Waals surface area (Å²) in [5.74, 6) is 0. The van der Waals surface area contributed by atoms with E-state index in [0.29, 0.717) is 0 Å². The molecule has 0 radical (unpaired) electrons. The lowest BCUT2D eigenvalue weighted by Crippen LogP contribution is -1.95. The van der Waals surface area contributed by atoms with Crippen LogP contribution in [0, 0.1) is 0 Å². The van der Waals surface area contributed by atoms with Crippen LogP contribution in [0.5, 0.6) is 0 Å². The molecule has 0 saturated carbocycles. The lowest BCUT2D eigenvalue weighted by Gasteiger charge is -2.18. The van der Waals surface area contributed by atoms with Crippen LogP contribution in [-0.4, -0.2) is 9.13 Å². The molecule has 0 aliphatic heterocycles. The third-order valence-electron chi connectivity index (χ3n) is 14.3. The van der Waals surface area contributed by atoms with Gasteiger partial charge in [0, 0.05) is 32.9 Å². The summed E-state index contributed by atoms with van der Waals surface area (Å²) in [4.78, 5) is 0. The number of aromatic nitrogens is 2. The van der Waals surface area contributed by atoms with Crippen molar-refractivity contribution >= 4 is 75.9 Å². The molecule has 0 saturated heterocycles. The zero-order valence-corrected chi connectivity index (χ0v) is 37.1. The molecule has 0 spiro atoms. The highest BCUT2D eigenvalue weighted by Gasteiger charge is 2.19. The summed E-state index contributed by atoms with van der Waals surface area (Å²) in [6.07, 6.45) is 0. The van der Waals surface area contributed by atoms with Gasteiger partial charge in [0.15, 0.2) is 0 Å². The van der Waals surface area contributed by atoms with Gasteiger partial charge in [-0.15, -0.1) is 0 Å². The van der Waals surface area contributed by atoms with Crippen LogP contribution >= 0.6 is 0 Å². The summed E-state index contributed by atoms with van der Waals surface area (Å²) >= 11 is 0. The number of rotatable bonds is 6. The van der Waals surface area contributed by atoms with E-state index in [1.807, 2.05) is 0 Å². The predicted octanol–water partition coefficient (Wildman–Crippen LogP) is 18.0. The number of nitrogens with zero attached hydrogens (tertiary/aromatic N) is 2. The molecule has 2 aromatic heterocycles. The molecule has 12 aromatic carbocycles. The van der Waals surface area contributed by atoms with Crippen LogP contribution < -0.4 is 0 Å². The molecule has 2 nitrogen and oxygen atoms in total. The van der Waals surface area contributed by atoms with Crippen LogP contribution in [0.15, 0.2) is 255 Å². The third-order valence-corrected chi connectivity index (χ3v) is 14.3. The molecular formula is C66H42N2. The van der Waals surface area contributed by atoms with E-state index in [-0.39, 0.29) is 0 Å². The smallest absolute Gasteiger partial charge is 0.0541 e. The van der Waals surface area contributed by atoms with Crippen LogP contribution in [0.1, 0.15) is 0 Å². The van der Waals surface area contributed by atoms with E-state index in [0.717, 1.165) is 11.4 Å². The largest absolute Gasteiger partial charge is 0.309 e. The van der Waals surface area contributed by atoms with Gasteiger partial charge < -0.3 is 9.13 Å². The average molecular weight is 863 g/mol. The number of fused-ring (bicyclic) bond motifs is 9. The number of hydrogen-bond acceptors (Lipinski definition) is 0. The quantitative estimate of drug-likeness (QED) is 0.147. The summed E-state index contributed by atoms with van der Waals surface area (Å²) in [5.41, 5.74) is 16.9. The summed E-state index contributed by atoms with van der Waals surface area (Å²) in [6, 6.07) is 93.8. The van der Waals surface area contributed by atoms with Gasteiger partial charge in [-0.25, -0.2) is 0 Å². The Kier molecular flexibility index (Phi) is 8.62. The van der Waals surface area contributed by atoms with Crippen LogP contribution in [0.3, 0.4) is 0 Å². The van der Waals surface area contributed by atoms with Gasteiger partial charge in [-0.05, 0) is 137 Å². The molecule has 68 heavy (non-hydrogen) atoms. The molecule has 14 aromatic rings. The van der Waals surface area contributed by atoms with Gasteiger partial charge >= 0.3 is 0 Å². The minimum Gasteiger partial charge on any atom is -0.309 e. The van der Waals surface area contributed by atoms with Crippen molar-refractivity contribution in [3.63, 3.8) is 0 Å². The van der Waals surface area contributed by atoms with Gasteiger partial charge in [0.1, 0.15) is 0 Å². The molecule has 0 atom stereocenters. The first-order valence-electron chi connectivity index (χ1n) is 23.5. The van der Waals surface area contributed by atoms with Crippen molar-refractivity contribution in [3.05, 3.63) is 255 Å². The van der Waals surface area contributed by atoms with Crippen molar-refractivity contribution in [2.24, 2.45) is 0 Å². The van der Waals surface area contributed by atoms with Crippen LogP contribution in [0.2, 0.25) is 0 Å². The average Bonchev–Trinajstić information content (AvgIpc) is 3.92. The van der Waals surface area contributed by atoms with E-state index in [1.165, 1.54) is 120 Å². The Bertz CT molecular complexity index is 4170. The molecule has 2 heterocycles. The first-order chi connectivity index (χ1) is 33.7. The topological polar surface area (TPSA) is 9.86 Å². The monoisotopic (exact) mass is 862 g/mol. The van der Waals surface area contributed by atoms with Gasteiger partial charge in [0.2, 0.25) is 0 Å². The zero-order chi connectivity index (χ0) is 44.7. The van der Waals surface area contributed by atoms with Gasteiger partial charge in [-0.2, -0.15) is 0 Å². The fraction of sp³-hybridized carbons (Fsp3) is 0. The molecule has 0 aliphatic carbocycles. The SMILES string of the molecule is c1ccc(-c2c3ccccc3c(-c3ccc(-n4c5ccc(-c6ccc(-n7c8ccccc8c8ccccc87)cc6)cc5c5cc(-c6cccc7ccccc67)ccc54)cc3)c3ccccc23)cc1. The highest BCUT2D eigenvalue weighted by Crippen LogP contribution is 2.45. The first kappa shape index (κ1) is 38.3. The summed E-state index contributed by atoms with van der Waals surface area (Å²) in [5, 5.41) is 12.5. The second kappa shape index (κ2) is 15.3. The van der Waals surface area contributed by atoms with Crippen molar-refractivity contribution < 1.29 is 0 Å². The Morgan fingerprint density at radius 1 is 0.206 bits per heavy atom. The molecule has 0 fully saturated rings. The second-order valence-electron chi connectivity index (χ2n) is 18.0. The fourth-order valence-corrected chi connectivity index (χ4v) is 11.3. The lowest BCUT2D eigenvalue weighted by molar-refractivity contribution is 1.18. The van der Waals surface area contributed by atoms with E-state index >= 15 is 0 Å². The Hall–Kier alpha value is -8.98. The Labute approximate surface area is 393 Å². The number of para-hydroxylation sites is 2. The number of hydrogen-bond donors (Lipinski definition) is 0. The molecule has 0 bridgehead atoms. The molecule has 0 amide bonds. The summed E-state index contributed by atoms with van der Waals surface area (Å²) in [7, 11) is 0. The molecule has 316 valence electrons. The summed E-state index contributed by atoms with van der Waals surface area (Å²) < 4.78 is 4.83. The van der Waals surface area contributed by atoms with E-state index in [2.05, 4.69) is 264 Å². The molecule has 0 N–H and O–H groups in total. The number of benzene rings is 12. The van der Waals surface area contributed by atoms with Crippen LogP contribution in [-0.2, 0) is 0 Å². The van der Waals surface area contributed by atoms with Crippen molar-refractivity contribution in [2.45, 2.75) is 0 Å². The highest BCUT2D eigenvalue weighted by molar-refractivity contribution is 6.21. The Balaban J connectivity index is 0.928. The second-order valence-corrected chi connectivity index (χ2v) is 18.0. The van der Waals surface area contributed by atoms with E-state index < -0.39 is 0 Å². The maximum Gasteiger partial charge on any atom is 0.0541 e. The molecule has 14 rings (SSSR count). The maximum absolute atomic E-state index is 2.45. The molecule has 2 heteroatoms. The standard InChI is InChI=1S/C66H42N2/c1-2-16-45(17-3-1)65-55-22-6-8-24-57(55)66(58-25-9-7-23-56(58)65)46-31-37-50(38-32-46)68-63-39-33-47(41-59(63)60-42-48(34-40-64(60)68)52-26-14-18-44-15-4-5-19-51(44)52)43-29-35-49(36-30-43)67-61-27-12-10-20-53(61)54-21-11-13-28-62(54)67/h1-42H. The zero-order valence-electron chi connectivity index (χ0n) is 37.1. The third kappa shape index (κ3) is 5.91. The van der Waals surface area contributed by atoms with Gasteiger partial charge in [-0.1, -0.05) is 194 Å².